The SMILES string of the molecule is CN(CCO)C(=O)/C=C/c1ccc(-n2ccnc2)cc1. The lowest BCUT2D eigenvalue weighted by atomic mass is 10.2. The first-order valence-corrected chi connectivity index (χ1v) is 6.33. The molecule has 2 rings (SSSR count). The van der Waals surface area contributed by atoms with E-state index in [-0.39, 0.29) is 12.5 Å². The van der Waals surface area contributed by atoms with Crippen molar-refractivity contribution in [3.8, 4) is 5.69 Å². The van der Waals surface area contributed by atoms with Gasteiger partial charge in [-0.1, -0.05) is 12.1 Å². The van der Waals surface area contributed by atoms with Gasteiger partial charge in [-0.05, 0) is 23.8 Å². The predicted octanol–water partition coefficient (Wildman–Crippen LogP) is 1.34. The smallest absolute Gasteiger partial charge is 0.246 e. The molecule has 1 heterocycles. The standard InChI is InChI=1S/C15H17N3O2/c1-17(10-11-19)15(20)7-4-13-2-5-14(6-3-13)18-9-8-16-12-18/h2-9,12,19H,10-11H2,1H3/b7-4+. The van der Waals surface area contributed by atoms with Gasteiger partial charge in [0.05, 0.1) is 12.9 Å². The number of nitrogens with zero attached hydrogens (tertiary/aromatic N) is 3. The predicted molar refractivity (Wildman–Crippen MR) is 77.3 cm³/mol. The molecule has 1 aromatic heterocycles. The van der Waals surface area contributed by atoms with Crippen LogP contribution in [0.25, 0.3) is 11.8 Å². The van der Waals surface area contributed by atoms with Gasteiger partial charge in [0.2, 0.25) is 5.91 Å². The van der Waals surface area contributed by atoms with Gasteiger partial charge in [-0.15, -0.1) is 0 Å². The molecule has 2 aromatic rings. The third-order valence-corrected chi connectivity index (χ3v) is 2.93. The molecule has 0 bridgehead atoms. The maximum absolute atomic E-state index is 11.7. The van der Waals surface area contributed by atoms with E-state index in [1.807, 2.05) is 35.0 Å². The molecule has 1 aromatic carbocycles. The average molecular weight is 271 g/mol. The van der Waals surface area contributed by atoms with E-state index in [9.17, 15) is 4.79 Å². The molecule has 0 fully saturated rings. The first kappa shape index (κ1) is 14.0. The average Bonchev–Trinajstić information content (AvgIpc) is 2.99. The first-order valence-electron chi connectivity index (χ1n) is 6.33. The van der Waals surface area contributed by atoms with Crippen LogP contribution < -0.4 is 0 Å². The number of hydrogen-bond acceptors (Lipinski definition) is 3. The van der Waals surface area contributed by atoms with E-state index in [4.69, 9.17) is 5.11 Å². The molecule has 0 radical (unpaired) electrons. The molecular weight excluding hydrogens is 254 g/mol. The molecule has 0 aliphatic carbocycles. The number of carbonyl (C=O) groups excluding carboxylic acids is 1. The minimum Gasteiger partial charge on any atom is -0.395 e. The first-order chi connectivity index (χ1) is 9.70. The van der Waals surface area contributed by atoms with Crippen LogP contribution >= 0.6 is 0 Å². The third kappa shape index (κ3) is 3.55. The van der Waals surface area contributed by atoms with Crippen LogP contribution in [0.1, 0.15) is 5.56 Å². The summed E-state index contributed by atoms with van der Waals surface area (Å²) < 4.78 is 1.91. The maximum atomic E-state index is 11.7. The largest absolute Gasteiger partial charge is 0.395 e. The van der Waals surface area contributed by atoms with Crippen molar-refractivity contribution < 1.29 is 9.90 Å². The quantitative estimate of drug-likeness (QED) is 0.835. The third-order valence-electron chi connectivity index (χ3n) is 2.93. The maximum Gasteiger partial charge on any atom is 0.246 e. The Morgan fingerprint density at radius 1 is 1.40 bits per heavy atom. The second kappa shape index (κ2) is 6.68. The minimum absolute atomic E-state index is 0.0321. The highest BCUT2D eigenvalue weighted by Gasteiger charge is 2.02. The molecule has 5 heteroatoms. The number of aliphatic hydroxyl groups is 1. The van der Waals surface area contributed by atoms with Crippen LogP contribution in [-0.2, 0) is 4.79 Å². The van der Waals surface area contributed by atoms with Crippen LogP contribution in [0.3, 0.4) is 0 Å². The Balaban J connectivity index is 2.02. The lowest BCUT2D eigenvalue weighted by Gasteiger charge is -2.12. The van der Waals surface area contributed by atoms with Gasteiger partial charge in [0.15, 0.2) is 0 Å². The molecule has 1 amide bonds. The zero-order valence-electron chi connectivity index (χ0n) is 11.3. The zero-order chi connectivity index (χ0) is 14.4. The summed E-state index contributed by atoms with van der Waals surface area (Å²) in [5, 5.41) is 8.77. The number of aliphatic hydroxyl groups excluding tert-OH is 1. The summed E-state index contributed by atoms with van der Waals surface area (Å²) in [6.45, 7) is 0.304. The fourth-order valence-corrected chi connectivity index (χ4v) is 1.72. The van der Waals surface area contributed by atoms with Gasteiger partial charge in [0.1, 0.15) is 0 Å². The number of amides is 1. The van der Waals surface area contributed by atoms with Crippen LogP contribution in [-0.4, -0.2) is 45.7 Å². The summed E-state index contributed by atoms with van der Waals surface area (Å²) in [5.74, 6) is -0.127. The fourth-order valence-electron chi connectivity index (χ4n) is 1.72. The van der Waals surface area contributed by atoms with Crippen molar-refractivity contribution in [1.29, 1.82) is 0 Å². The highest BCUT2D eigenvalue weighted by Crippen LogP contribution is 2.10. The molecule has 0 saturated heterocycles. The van der Waals surface area contributed by atoms with E-state index in [2.05, 4.69) is 4.98 Å². The Kier molecular flexibility index (Phi) is 4.68. The topological polar surface area (TPSA) is 58.4 Å². The van der Waals surface area contributed by atoms with Gasteiger partial charge >= 0.3 is 0 Å². The lowest BCUT2D eigenvalue weighted by Crippen LogP contribution is -2.27. The van der Waals surface area contributed by atoms with E-state index in [1.54, 1.807) is 25.6 Å². The van der Waals surface area contributed by atoms with Gasteiger partial charge in [0, 0.05) is 37.7 Å². The summed E-state index contributed by atoms with van der Waals surface area (Å²) in [7, 11) is 1.66. The number of hydrogen-bond donors (Lipinski definition) is 1. The van der Waals surface area contributed by atoms with Crippen molar-refractivity contribution in [2.45, 2.75) is 0 Å². The Hall–Kier alpha value is -2.40. The molecule has 0 aliphatic heterocycles. The number of rotatable bonds is 5. The number of carbonyl (C=O) groups is 1. The molecule has 0 atom stereocenters. The molecule has 0 spiro atoms. The van der Waals surface area contributed by atoms with Gasteiger partial charge in [-0.2, -0.15) is 0 Å². The molecule has 104 valence electrons. The van der Waals surface area contributed by atoms with Crippen molar-refractivity contribution in [2.24, 2.45) is 0 Å². The molecule has 20 heavy (non-hydrogen) atoms. The molecule has 1 N–H and O–H groups in total. The summed E-state index contributed by atoms with van der Waals surface area (Å²) in [6.07, 6.45) is 8.59. The minimum atomic E-state index is -0.127. The lowest BCUT2D eigenvalue weighted by molar-refractivity contribution is -0.125. The van der Waals surface area contributed by atoms with Gasteiger partial charge in [0.25, 0.3) is 0 Å². The molecule has 0 saturated carbocycles. The van der Waals surface area contributed by atoms with Crippen molar-refractivity contribution in [3.63, 3.8) is 0 Å². The van der Waals surface area contributed by atoms with Crippen molar-refractivity contribution in [2.75, 3.05) is 20.2 Å². The normalized spacial score (nSPS) is 10.9. The van der Waals surface area contributed by atoms with Gasteiger partial charge in [-0.25, -0.2) is 4.98 Å². The van der Waals surface area contributed by atoms with Crippen LogP contribution in [0, 0.1) is 0 Å². The van der Waals surface area contributed by atoms with Gasteiger partial charge < -0.3 is 14.6 Å². The summed E-state index contributed by atoms with van der Waals surface area (Å²) >= 11 is 0. The van der Waals surface area contributed by atoms with E-state index in [0.717, 1.165) is 11.3 Å². The molecule has 0 aliphatic rings. The van der Waals surface area contributed by atoms with Crippen LogP contribution in [0.4, 0.5) is 0 Å². The van der Waals surface area contributed by atoms with Gasteiger partial charge in [-0.3, -0.25) is 4.79 Å². The van der Waals surface area contributed by atoms with E-state index >= 15 is 0 Å². The molecule has 0 unspecified atom stereocenters. The second-order valence-corrected chi connectivity index (χ2v) is 4.38. The summed E-state index contributed by atoms with van der Waals surface area (Å²) in [4.78, 5) is 17.1. The number of imidazole rings is 1. The van der Waals surface area contributed by atoms with Crippen molar-refractivity contribution in [3.05, 3.63) is 54.6 Å². The highest BCUT2D eigenvalue weighted by molar-refractivity contribution is 5.91. The number of aromatic nitrogens is 2. The van der Waals surface area contributed by atoms with Crippen LogP contribution in [0.15, 0.2) is 49.1 Å². The summed E-state index contributed by atoms with van der Waals surface area (Å²) in [6, 6.07) is 7.79. The Morgan fingerprint density at radius 3 is 2.75 bits per heavy atom. The summed E-state index contributed by atoms with van der Waals surface area (Å²) in [5.41, 5.74) is 1.96. The molecular formula is C15H17N3O2. The Morgan fingerprint density at radius 2 is 2.15 bits per heavy atom. The van der Waals surface area contributed by atoms with E-state index in [1.165, 1.54) is 11.0 Å². The van der Waals surface area contributed by atoms with Crippen LogP contribution in [0.2, 0.25) is 0 Å². The molecule has 5 nitrogen and oxygen atoms in total. The monoisotopic (exact) mass is 271 g/mol. The van der Waals surface area contributed by atoms with E-state index in [0.29, 0.717) is 6.54 Å². The van der Waals surface area contributed by atoms with Crippen LogP contribution in [0.5, 0.6) is 0 Å². The highest BCUT2D eigenvalue weighted by atomic mass is 16.3. The van der Waals surface area contributed by atoms with Crippen molar-refractivity contribution in [1.82, 2.24) is 14.5 Å². The number of benzene rings is 1. The Labute approximate surface area is 117 Å². The second-order valence-electron chi connectivity index (χ2n) is 4.38. The Bertz CT molecular complexity index is 574. The fraction of sp³-hybridized carbons (Fsp3) is 0.200. The zero-order valence-corrected chi connectivity index (χ0v) is 11.3. The van der Waals surface area contributed by atoms with Crippen molar-refractivity contribution >= 4 is 12.0 Å². The van der Waals surface area contributed by atoms with E-state index < -0.39 is 0 Å². The number of likely N-dealkylation sites (N-methyl/N-ethyl adjacent to an activating group) is 1.